The molecule has 4 heteroatoms. The third-order valence-electron chi connectivity index (χ3n) is 4.61. The summed E-state index contributed by atoms with van der Waals surface area (Å²) in [7, 11) is 0. The number of furan rings is 1. The van der Waals surface area contributed by atoms with Gasteiger partial charge >= 0.3 is 0 Å². The molecule has 0 bridgehead atoms. The van der Waals surface area contributed by atoms with Crippen LogP contribution < -0.4 is 5.32 Å². The summed E-state index contributed by atoms with van der Waals surface area (Å²) in [6.45, 7) is 6.42. The van der Waals surface area contributed by atoms with Crippen molar-refractivity contribution in [1.82, 2.24) is 10.2 Å². The molecule has 1 unspecified atom stereocenters. The Morgan fingerprint density at radius 2 is 2.12 bits per heavy atom. The molecular weight excluding hydrogens is 300 g/mol. The normalized spacial score (nSPS) is 18.1. The van der Waals surface area contributed by atoms with E-state index in [9.17, 15) is 4.79 Å². The zero-order valence-electron chi connectivity index (χ0n) is 14.5. The maximum atomic E-state index is 12.2. The minimum atomic E-state index is 0.0726. The van der Waals surface area contributed by atoms with Crippen LogP contribution in [0.1, 0.15) is 32.3 Å². The van der Waals surface area contributed by atoms with Crippen LogP contribution in [0, 0.1) is 5.92 Å². The van der Waals surface area contributed by atoms with Gasteiger partial charge in [-0.05, 0) is 30.5 Å². The van der Waals surface area contributed by atoms with E-state index in [0.717, 1.165) is 43.8 Å². The Labute approximate surface area is 143 Å². The lowest BCUT2D eigenvalue weighted by atomic mass is 10.0. The number of carbonyl (C=O) groups is 1. The van der Waals surface area contributed by atoms with E-state index in [4.69, 9.17) is 4.42 Å². The topological polar surface area (TPSA) is 45.5 Å². The van der Waals surface area contributed by atoms with Crippen molar-refractivity contribution in [2.75, 3.05) is 13.1 Å². The van der Waals surface area contributed by atoms with Crippen LogP contribution in [0.4, 0.5) is 0 Å². The smallest absolute Gasteiger partial charge is 0.225 e. The monoisotopic (exact) mass is 326 g/mol. The van der Waals surface area contributed by atoms with Crippen LogP contribution in [0.25, 0.3) is 11.3 Å². The second-order valence-electron chi connectivity index (χ2n) is 6.79. The van der Waals surface area contributed by atoms with Crippen molar-refractivity contribution < 1.29 is 9.21 Å². The maximum Gasteiger partial charge on any atom is 0.225 e. The molecule has 3 rings (SSSR count). The van der Waals surface area contributed by atoms with Crippen molar-refractivity contribution in [2.24, 2.45) is 5.92 Å². The van der Waals surface area contributed by atoms with E-state index >= 15 is 0 Å². The predicted molar refractivity (Wildman–Crippen MR) is 95.4 cm³/mol. The van der Waals surface area contributed by atoms with Gasteiger partial charge in [-0.25, -0.2) is 0 Å². The van der Waals surface area contributed by atoms with Crippen LogP contribution in [-0.2, 0) is 11.3 Å². The van der Waals surface area contributed by atoms with Gasteiger partial charge in [0.05, 0.1) is 6.26 Å². The number of piperidine rings is 1. The zero-order chi connectivity index (χ0) is 16.9. The molecule has 0 aliphatic carbocycles. The van der Waals surface area contributed by atoms with Gasteiger partial charge in [0.2, 0.25) is 5.91 Å². The molecule has 1 aliphatic rings. The minimum absolute atomic E-state index is 0.0726. The largest absolute Gasteiger partial charge is 0.464 e. The third-order valence-corrected chi connectivity index (χ3v) is 4.61. The van der Waals surface area contributed by atoms with Gasteiger partial charge in [-0.3, -0.25) is 4.79 Å². The van der Waals surface area contributed by atoms with Crippen LogP contribution in [-0.4, -0.2) is 29.9 Å². The lowest BCUT2D eigenvalue weighted by molar-refractivity contribution is -0.135. The molecule has 1 fully saturated rings. The summed E-state index contributed by atoms with van der Waals surface area (Å²) in [5, 5.41) is 3.63. The molecule has 1 aromatic carbocycles. The molecule has 1 atom stereocenters. The molecule has 0 spiro atoms. The fourth-order valence-corrected chi connectivity index (χ4v) is 3.31. The molecule has 4 nitrogen and oxygen atoms in total. The standard InChI is InChI=1S/C20H26N2O2/c1-15(2)20(23)22-11-5-8-17(14-22)21-13-16-7-3-4-9-18(16)19-10-6-12-24-19/h3-4,6-7,9-10,12,15,17,21H,5,8,11,13-14H2,1-2H3. The molecule has 128 valence electrons. The first-order chi connectivity index (χ1) is 11.6. The number of benzene rings is 1. The summed E-state index contributed by atoms with van der Waals surface area (Å²) in [5.41, 5.74) is 2.35. The Kier molecular flexibility index (Phi) is 5.36. The Morgan fingerprint density at radius 1 is 1.29 bits per heavy atom. The first-order valence-electron chi connectivity index (χ1n) is 8.79. The Morgan fingerprint density at radius 3 is 2.88 bits per heavy atom. The molecule has 1 aliphatic heterocycles. The predicted octanol–water partition coefficient (Wildman–Crippen LogP) is 3.68. The van der Waals surface area contributed by atoms with Crippen molar-refractivity contribution in [1.29, 1.82) is 0 Å². The van der Waals surface area contributed by atoms with E-state index in [1.54, 1.807) is 6.26 Å². The number of amides is 1. The second kappa shape index (κ2) is 7.67. The Hall–Kier alpha value is -2.07. The van der Waals surface area contributed by atoms with Gasteiger partial charge in [-0.15, -0.1) is 0 Å². The van der Waals surface area contributed by atoms with E-state index < -0.39 is 0 Å². The highest BCUT2D eigenvalue weighted by atomic mass is 16.3. The molecule has 1 aromatic heterocycles. The van der Waals surface area contributed by atoms with E-state index in [1.165, 1.54) is 5.56 Å². The highest BCUT2D eigenvalue weighted by molar-refractivity contribution is 5.78. The van der Waals surface area contributed by atoms with Crippen LogP contribution >= 0.6 is 0 Å². The van der Waals surface area contributed by atoms with E-state index in [1.807, 2.05) is 36.9 Å². The van der Waals surface area contributed by atoms with Crippen molar-refractivity contribution in [3.63, 3.8) is 0 Å². The Balaban J connectivity index is 1.63. The second-order valence-corrected chi connectivity index (χ2v) is 6.79. The maximum absolute atomic E-state index is 12.2. The van der Waals surface area contributed by atoms with Crippen LogP contribution in [0.3, 0.4) is 0 Å². The van der Waals surface area contributed by atoms with Gasteiger partial charge in [0.1, 0.15) is 5.76 Å². The van der Waals surface area contributed by atoms with Gasteiger partial charge in [0.15, 0.2) is 0 Å². The van der Waals surface area contributed by atoms with Crippen LogP contribution in [0.15, 0.2) is 47.1 Å². The number of hydrogen-bond donors (Lipinski definition) is 1. The van der Waals surface area contributed by atoms with Gasteiger partial charge in [-0.1, -0.05) is 38.1 Å². The van der Waals surface area contributed by atoms with Crippen molar-refractivity contribution >= 4 is 5.91 Å². The number of nitrogens with zero attached hydrogens (tertiary/aromatic N) is 1. The minimum Gasteiger partial charge on any atom is -0.464 e. The average molecular weight is 326 g/mol. The zero-order valence-corrected chi connectivity index (χ0v) is 14.5. The fourth-order valence-electron chi connectivity index (χ4n) is 3.31. The number of rotatable bonds is 5. The van der Waals surface area contributed by atoms with Crippen LogP contribution in [0.2, 0.25) is 0 Å². The lowest BCUT2D eigenvalue weighted by Gasteiger charge is -2.34. The summed E-state index contributed by atoms with van der Waals surface area (Å²) >= 11 is 0. The van der Waals surface area contributed by atoms with Gasteiger partial charge in [0, 0.05) is 37.2 Å². The molecular formula is C20H26N2O2. The van der Waals surface area contributed by atoms with Gasteiger partial charge in [-0.2, -0.15) is 0 Å². The molecule has 24 heavy (non-hydrogen) atoms. The third kappa shape index (κ3) is 3.88. The quantitative estimate of drug-likeness (QED) is 0.911. The van der Waals surface area contributed by atoms with Crippen LogP contribution in [0.5, 0.6) is 0 Å². The van der Waals surface area contributed by atoms with E-state index in [2.05, 4.69) is 23.5 Å². The first-order valence-corrected chi connectivity index (χ1v) is 8.79. The van der Waals surface area contributed by atoms with Crippen molar-refractivity contribution in [3.05, 3.63) is 48.2 Å². The van der Waals surface area contributed by atoms with E-state index in [0.29, 0.717) is 6.04 Å². The van der Waals surface area contributed by atoms with E-state index in [-0.39, 0.29) is 11.8 Å². The average Bonchev–Trinajstić information content (AvgIpc) is 3.14. The molecule has 0 radical (unpaired) electrons. The fraction of sp³-hybridized carbons (Fsp3) is 0.450. The Bertz CT molecular complexity index is 664. The molecule has 1 amide bonds. The lowest BCUT2D eigenvalue weighted by Crippen LogP contribution is -2.48. The highest BCUT2D eigenvalue weighted by Gasteiger charge is 2.24. The molecule has 2 aromatic rings. The summed E-state index contributed by atoms with van der Waals surface area (Å²) in [5.74, 6) is 1.23. The summed E-state index contributed by atoms with van der Waals surface area (Å²) in [4.78, 5) is 14.2. The molecule has 2 heterocycles. The molecule has 0 saturated carbocycles. The van der Waals surface area contributed by atoms with Gasteiger partial charge in [0.25, 0.3) is 0 Å². The number of likely N-dealkylation sites (tertiary alicyclic amines) is 1. The number of hydrogen-bond acceptors (Lipinski definition) is 3. The van der Waals surface area contributed by atoms with Gasteiger partial charge < -0.3 is 14.6 Å². The molecule has 1 N–H and O–H groups in total. The van der Waals surface area contributed by atoms with Crippen molar-refractivity contribution in [2.45, 2.75) is 39.3 Å². The number of nitrogens with one attached hydrogen (secondary N) is 1. The summed E-state index contributed by atoms with van der Waals surface area (Å²) in [6.07, 6.45) is 3.89. The summed E-state index contributed by atoms with van der Waals surface area (Å²) in [6, 6.07) is 12.6. The highest BCUT2D eigenvalue weighted by Crippen LogP contribution is 2.24. The first kappa shape index (κ1) is 16.8. The number of carbonyl (C=O) groups excluding carboxylic acids is 1. The summed E-state index contributed by atoms with van der Waals surface area (Å²) < 4.78 is 5.55. The van der Waals surface area contributed by atoms with Crippen molar-refractivity contribution in [3.8, 4) is 11.3 Å². The SMILES string of the molecule is CC(C)C(=O)N1CCCC(NCc2ccccc2-c2ccco2)C1. The molecule has 1 saturated heterocycles.